The molecule has 0 aliphatic carbocycles. The van der Waals surface area contributed by atoms with Crippen molar-refractivity contribution in [2.45, 2.75) is 48.8 Å². The predicted molar refractivity (Wildman–Crippen MR) is 96.1 cm³/mol. The van der Waals surface area contributed by atoms with Crippen molar-refractivity contribution in [3.63, 3.8) is 0 Å². The molecule has 20 N–H and O–H groups in total. The largest absolute Gasteiger partial charge is 2.00 e. The van der Waals surface area contributed by atoms with Gasteiger partial charge in [-0.1, -0.05) is 0 Å². The van der Waals surface area contributed by atoms with Gasteiger partial charge < -0.3 is 98.2 Å². The Hall–Kier alpha value is -0.400. The number of hydrogen-bond acceptors (Lipinski definition) is 14. The molecule has 0 spiro atoms. The topological polar surface area (TPSA) is 440 Å². The standard InChI is InChI=1S/2C6H12O7.Ca.5H2O/c2*7-1-2(8)3(9)4(10)5(11)6(12)13;;;;;;/h2*2-5,7-11H,1H2,(H,12,13);;5*1H2/q;;+2;;;;;/p-2/t2-,3+,4+,5-;;;;;;;/m1......./s1. The maximum absolute atomic E-state index is 9.98. The van der Waals surface area contributed by atoms with Crippen LogP contribution < -0.4 is 10.2 Å². The minimum Gasteiger partial charge on any atom is -0.547 e. The third-order valence-corrected chi connectivity index (χ3v) is 2.99. The van der Waals surface area contributed by atoms with E-state index in [1.165, 1.54) is 0 Å². The minimum atomic E-state index is -2.31. The molecule has 0 heterocycles. The van der Waals surface area contributed by atoms with Crippen molar-refractivity contribution in [1.29, 1.82) is 0 Å². The van der Waals surface area contributed by atoms with Gasteiger partial charge in [-0.2, -0.15) is 0 Å². The molecule has 0 radical (unpaired) electrons. The number of aliphatic hydroxyl groups excluding tert-OH is 10. The summed E-state index contributed by atoms with van der Waals surface area (Å²) >= 11 is 0. The van der Waals surface area contributed by atoms with Gasteiger partial charge in [-0.15, -0.1) is 0 Å². The SMILES string of the molecule is O.O.O.O.O.O=C([O-])C(O)C(O)C(O)C(O)CO.O=C([O-])[C@H](O)[C@@H](O)[C@@H](O)[C@H](O)CO.[Ca+2]. The van der Waals surface area contributed by atoms with Crippen LogP contribution in [0, 0.1) is 0 Å². The molecular formula is C12H32CaO19. The third-order valence-electron chi connectivity index (χ3n) is 2.99. The van der Waals surface area contributed by atoms with Crippen LogP contribution in [0.5, 0.6) is 0 Å². The summed E-state index contributed by atoms with van der Waals surface area (Å²) in [4.78, 5) is 20.0. The summed E-state index contributed by atoms with van der Waals surface area (Å²) in [7, 11) is 0. The first-order chi connectivity index (χ1) is 11.8. The van der Waals surface area contributed by atoms with Gasteiger partial charge in [-0.3, -0.25) is 0 Å². The second-order valence-corrected chi connectivity index (χ2v) is 4.99. The van der Waals surface area contributed by atoms with Crippen LogP contribution in [0.4, 0.5) is 0 Å². The Kier molecular flexibility index (Phi) is 44.6. The van der Waals surface area contributed by atoms with Crippen LogP contribution in [0.15, 0.2) is 0 Å². The quantitative estimate of drug-likeness (QED) is 0.119. The second kappa shape index (κ2) is 26.8. The van der Waals surface area contributed by atoms with E-state index in [0.717, 1.165) is 0 Å². The molecule has 0 saturated carbocycles. The second-order valence-electron chi connectivity index (χ2n) is 4.99. The summed E-state index contributed by atoms with van der Waals surface area (Å²) in [5.41, 5.74) is 0. The number of hydrogen-bond donors (Lipinski definition) is 10. The number of rotatable bonds is 10. The Morgan fingerprint density at radius 1 is 0.531 bits per heavy atom. The van der Waals surface area contributed by atoms with Crippen molar-refractivity contribution in [3.8, 4) is 0 Å². The molecular weight excluding hydrogens is 488 g/mol. The summed E-state index contributed by atoms with van der Waals surface area (Å²) in [5.74, 6) is -3.95. The number of carbonyl (C=O) groups is 2. The van der Waals surface area contributed by atoms with Gasteiger partial charge >= 0.3 is 37.7 Å². The van der Waals surface area contributed by atoms with Crippen LogP contribution in [0.25, 0.3) is 0 Å². The molecule has 196 valence electrons. The third kappa shape index (κ3) is 19.1. The predicted octanol–water partition coefficient (Wildman–Crippen LogP) is -14.2. The fraction of sp³-hybridized carbons (Fsp3) is 0.833. The average Bonchev–Trinajstić information content (AvgIpc) is 2.62. The first-order valence-corrected chi connectivity index (χ1v) is 6.91. The van der Waals surface area contributed by atoms with E-state index in [1.807, 2.05) is 0 Å². The molecule has 0 aliphatic rings. The van der Waals surface area contributed by atoms with Crippen LogP contribution in [0.1, 0.15) is 0 Å². The molecule has 19 nitrogen and oxygen atoms in total. The summed E-state index contributed by atoms with van der Waals surface area (Å²) in [6, 6.07) is 0. The molecule has 0 aromatic carbocycles. The van der Waals surface area contributed by atoms with Crippen molar-refractivity contribution >= 4 is 49.7 Å². The fourth-order valence-corrected chi connectivity index (χ4v) is 1.32. The molecule has 0 fully saturated rings. The van der Waals surface area contributed by atoms with Gasteiger partial charge in [0.15, 0.2) is 0 Å². The molecule has 0 saturated heterocycles. The number of aliphatic carboxylic acids is 2. The van der Waals surface area contributed by atoms with E-state index in [-0.39, 0.29) is 65.1 Å². The Morgan fingerprint density at radius 3 is 0.844 bits per heavy atom. The fourth-order valence-electron chi connectivity index (χ4n) is 1.32. The Balaban J connectivity index is -0.0000000505. The van der Waals surface area contributed by atoms with Gasteiger partial charge in [0.25, 0.3) is 0 Å². The van der Waals surface area contributed by atoms with Crippen LogP contribution in [0.2, 0.25) is 0 Å². The average molecular weight is 520 g/mol. The Morgan fingerprint density at radius 2 is 0.719 bits per heavy atom. The van der Waals surface area contributed by atoms with E-state index in [0.29, 0.717) is 0 Å². The van der Waals surface area contributed by atoms with Gasteiger partial charge in [0.05, 0.1) is 25.2 Å². The Labute approximate surface area is 209 Å². The van der Waals surface area contributed by atoms with Crippen molar-refractivity contribution in [2.24, 2.45) is 0 Å². The van der Waals surface area contributed by atoms with Crippen LogP contribution in [-0.4, -0.2) is 190 Å². The van der Waals surface area contributed by atoms with E-state index >= 15 is 0 Å². The molecule has 20 heteroatoms. The van der Waals surface area contributed by atoms with Crippen molar-refractivity contribution in [2.75, 3.05) is 13.2 Å². The molecule has 0 rings (SSSR count). The molecule has 0 aromatic rings. The molecule has 0 amide bonds. The summed E-state index contributed by atoms with van der Waals surface area (Å²) in [6.45, 7) is -1.73. The van der Waals surface area contributed by atoms with E-state index < -0.39 is 74.0 Å². The number of carbonyl (C=O) groups excluding carboxylic acids is 2. The number of aliphatic hydroxyl groups is 10. The van der Waals surface area contributed by atoms with Gasteiger partial charge in [0, 0.05) is 0 Å². The van der Waals surface area contributed by atoms with Gasteiger partial charge in [-0.25, -0.2) is 0 Å². The van der Waals surface area contributed by atoms with E-state index in [2.05, 4.69) is 0 Å². The van der Waals surface area contributed by atoms with E-state index in [1.54, 1.807) is 0 Å². The first-order valence-electron chi connectivity index (χ1n) is 6.91. The number of carboxylic acids is 2. The van der Waals surface area contributed by atoms with Crippen LogP contribution in [0.3, 0.4) is 0 Å². The van der Waals surface area contributed by atoms with Gasteiger partial charge in [0.1, 0.15) is 48.8 Å². The van der Waals surface area contributed by atoms with Crippen LogP contribution >= 0.6 is 0 Å². The normalized spacial score (nSPS) is 16.6. The van der Waals surface area contributed by atoms with Crippen LogP contribution in [-0.2, 0) is 9.59 Å². The monoisotopic (exact) mass is 520 g/mol. The van der Waals surface area contributed by atoms with E-state index in [9.17, 15) is 19.8 Å². The maximum atomic E-state index is 9.98. The van der Waals surface area contributed by atoms with Crippen molar-refractivity contribution in [3.05, 3.63) is 0 Å². The molecule has 32 heavy (non-hydrogen) atoms. The molecule has 0 bridgehead atoms. The summed E-state index contributed by atoms with van der Waals surface area (Å²) in [6.07, 6.45) is -16.2. The molecule has 0 aromatic heterocycles. The summed E-state index contributed by atoms with van der Waals surface area (Å²) in [5, 5.41) is 107. The maximum Gasteiger partial charge on any atom is 2.00 e. The Bertz CT molecular complexity index is 389. The molecule has 4 unspecified atom stereocenters. The van der Waals surface area contributed by atoms with Crippen molar-refractivity contribution < 1.29 is 98.2 Å². The molecule has 0 aliphatic heterocycles. The zero-order valence-electron chi connectivity index (χ0n) is 16.3. The zero-order valence-corrected chi connectivity index (χ0v) is 18.6. The first kappa shape index (κ1) is 53.1. The van der Waals surface area contributed by atoms with E-state index in [4.69, 9.17) is 51.1 Å². The van der Waals surface area contributed by atoms with Gasteiger partial charge in [0.2, 0.25) is 0 Å². The molecule has 8 atom stereocenters. The van der Waals surface area contributed by atoms with Gasteiger partial charge in [-0.05, 0) is 0 Å². The smallest absolute Gasteiger partial charge is 0.547 e. The zero-order chi connectivity index (χ0) is 21.2. The summed E-state index contributed by atoms with van der Waals surface area (Å²) < 4.78 is 0. The van der Waals surface area contributed by atoms with Crippen molar-refractivity contribution in [1.82, 2.24) is 0 Å². The number of carboxylic acid groups (broad SMARTS) is 2. The minimum absolute atomic E-state index is 0.